The van der Waals surface area contributed by atoms with E-state index in [2.05, 4.69) is 25.1 Å². The van der Waals surface area contributed by atoms with Crippen LogP contribution in [0.25, 0.3) is 0 Å². The van der Waals surface area contributed by atoms with Crippen LogP contribution in [0.5, 0.6) is 0 Å². The van der Waals surface area contributed by atoms with Crippen LogP contribution in [0.2, 0.25) is 0 Å². The molecule has 98 valence electrons. The molecule has 1 fully saturated rings. The SMILES string of the molecule is Cc1cccc(CN(C)C(=O)C2(CN)CCC2)c1. The van der Waals surface area contributed by atoms with E-state index in [0.29, 0.717) is 13.1 Å². The first-order valence-electron chi connectivity index (χ1n) is 6.59. The lowest BCUT2D eigenvalue weighted by Crippen LogP contribution is -2.50. The van der Waals surface area contributed by atoms with Gasteiger partial charge in [0.05, 0.1) is 5.41 Å². The number of amides is 1. The summed E-state index contributed by atoms with van der Waals surface area (Å²) in [5.74, 6) is 0.206. The third-order valence-corrected chi connectivity index (χ3v) is 4.00. The average Bonchev–Trinajstić information content (AvgIpc) is 2.28. The smallest absolute Gasteiger partial charge is 0.230 e. The van der Waals surface area contributed by atoms with Gasteiger partial charge in [-0.2, -0.15) is 0 Å². The molecule has 1 saturated carbocycles. The zero-order chi connectivity index (χ0) is 13.2. The molecule has 0 unspecified atom stereocenters. The summed E-state index contributed by atoms with van der Waals surface area (Å²) < 4.78 is 0. The van der Waals surface area contributed by atoms with E-state index in [4.69, 9.17) is 5.73 Å². The Labute approximate surface area is 109 Å². The maximum atomic E-state index is 12.4. The minimum absolute atomic E-state index is 0.206. The van der Waals surface area contributed by atoms with Gasteiger partial charge in [0, 0.05) is 20.1 Å². The van der Waals surface area contributed by atoms with Gasteiger partial charge in [-0.1, -0.05) is 36.2 Å². The fraction of sp³-hybridized carbons (Fsp3) is 0.533. The van der Waals surface area contributed by atoms with E-state index in [1.807, 2.05) is 18.0 Å². The fourth-order valence-electron chi connectivity index (χ4n) is 2.67. The zero-order valence-electron chi connectivity index (χ0n) is 11.3. The number of hydrogen-bond acceptors (Lipinski definition) is 2. The molecule has 1 aromatic rings. The van der Waals surface area contributed by atoms with Gasteiger partial charge in [-0.25, -0.2) is 0 Å². The summed E-state index contributed by atoms with van der Waals surface area (Å²) in [6, 6.07) is 8.29. The van der Waals surface area contributed by atoms with Crippen molar-refractivity contribution in [1.82, 2.24) is 4.90 Å². The van der Waals surface area contributed by atoms with E-state index in [-0.39, 0.29) is 11.3 Å². The maximum Gasteiger partial charge on any atom is 0.230 e. The molecule has 0 atom stereocenters. The van der Waals surface area contributed by atoms with Crippen LogP contribution in [0.3, 0.4) is 0 Å². The van der Waals surface area contributed by atoms with Gasteiger partial charge >= 0.3 is 0 Å². The molecule has 1 aromatic carbocycles. The summed E-state index contributed by atoms with van der Waals surface area (Å²) in [7, 11) is 1.88. The van der Waals surface area contributed by atoms with Gasteiger partial charge < -0.3 is 10.6 Å². The van der Waals surface area contributed by atoms with Gasteiger partial charge in [0.15, 0.2) is 0 Å². The van der Waals surface area contributed by atoms with Crippen molar-refractivity contribution in [2.45, 2.75) is 32.7 Å². The highest BCUT2D eigenvalue weighted by molar-refractivity contribution is 5.83. The van der Waals surface area contributed by atoms with Crippen LogP contribution in [0.1, 0.15) is 30.4 Å². The fourth-order valence-corrected chi connectivity index (χ4v) is 2.67. The number of nitrogens with zero attached hydrogens (tertiary/aromatic N) is 1. The standard InChI is InChI=1S/C15H22N2O/c1-12-5-3-6-13(9-12)10-17(2)14(18)15(11-16)7-4-8-15/h3,5-6,9H,4,7-8,10-11,16H2,1-2H3. The Morgan fingerprint density at radius 3 is 2.67 bits per heavy atom. The van der Waals surface area contributed by atoms with Crippen LogP contribution >= 0.6 is 0 Å². The van der Waals surface area contributed by atoms with E-state index in [1.165, 1.54) is 11.1 Å². The number of aryl methyl sites for hydroxylation is 1. The molecule has 1 aliphatic rings. The molecular weight excluding hydrogens is 224 g/mol. The molecule has 0 aromatic heterocycles. The monoisotopic (exact) mass is 246 g/mol. The molecule has 18 heavy (non-hydrogen) atoms. The van der Waals surface area contributed by atoms with Crippen molar-refractivity contribution in [3.63, 3.8) is 0 Å². The first-order chi connectivity index (χ1) is 8.57. The number of benzene rings is 1. The molecule has 0 radical (unpaired) electrons. The predicted molar refractivity (Wildman–Crippen MR) is 73.0 cm³/mol. The third-order valence-electron chi connectivity index (χ3n) is 4.00. The van der Waals surface area contributed by atoms with Crippen molar-refractivity contribution in [2.24, 2.45) is 11.1 Å². The first-order valence-corrected chi connectivity index (χ1v) is 6.59. The maximum absolute atomic E-state index is 12.4. The highest BCUT2D eigenvalue weighted by atomic mass is 16.2. The van der Waals surface area contributed by atoms with Crippen LogP contribution in [-0.2, 0) is 11.3 Å². The Morgan fingerprint density at radius 1 is 1.44 bits per heavy atom. The van der Waals surface area contributed by atoms with E-state index in [1.54, 1.807) is 0 Å². The van der Waals surface area contributed by atoms with Crippen molar-refractivity contribution in [2.75, 3.05) is 13.6 Å². The lowest BCUT2D eigenvalue weighted by Gasteiger charge is -2.41. The first kappa shape index (κ1) is 13.1. The van der Waals surface area contributed by atoms with Crippen LogP contribution in [-0.4, -0.2) is 24.4 Å². The average molecular weight is 246 g/mol. The van der Waals surface area contributed by atoms with Crippen molar-refractivity contribution in [3.8, 4) is 0 Å². The normalized spacial score (nSPS) is 17.1. The number of rotatable bonds is 4. The summed E-state index contributed by atoms with van der Waals surface area (Å²) in [5, 5.41) is 0. The molecule has 3 heteroatoms. The van der Waals surface area contributed by atoms with Gasteiger partial charge in [0.1, 0.15) is 0 Å². The van der Waals surface area contributed by atoms with Gasteiger partial charge in [0.25, 0.3) is 0 Å². The topological polar surface area (TPSA) is 46.3 Å². The van der Waals surface area contributed by atoms with Crippen molar-refractivity contribution < 1.29 is 4.79 Å². The molecule has 0 aliphatic heterocycles. The second-order valence-corrected chi connectivity index (χ2v) is 5.49. The second-order valence-electron chi connectivity index (χ2n) is 5.49. The van der Waals surface area contributed by atoms with Crippen molar-refractivity contribution in [3.05, 3.63) is 35.4 Å². The Hall–Kier alpha value is -1.35. The highest BCUT2D eigenvalue weighted by Gasteiger charge is 2.44. The van der Waals surface area contributed by atoms with E-state index in [0.717, 1.165) is 19.3 Å². The molecule has 0 saturated heterocycles. The Bertz CT molecular complexity index is 432. The molecule has 0 bridgehead atoms. The van der Waals surface area contributed by atoms with Crippen molar-refractivity contribution in [1.29, 1.82) is 0 Å². The Morgan fingerprint density at radius 2 is 2.17 bits per heavy atom. The number of carbonyl (C=O) groups excluding carboxylic acids is 1. The summed E-state index contributed by atoms with van der Waals surface area (Å²) in [5.41, 5.74) is 7.92. The van der Waals surface area contributed by atoms with Crippen molar-refractivity contribution >= 4 is 5.91 Å². The Kier molecular flexibility index (Phi) is 3.71. The molecule has 0 heterocycles. The van der Waals surface area contributed by atoms with E-state index in [9.17, 15) is 4.79 Å². The molecule has 1 aliphatic carbocycles. The van der Waals surface area contributed by atoms with E-state index >= 15 is 0 Å². The summed E-state index contributed by atoms with van der Waals surface area (Å²) >= 11 is 0. The minimum Gasteiger partial charge on any atom is -0.341 e. The highest BCUT2D eigenvalue weighted by Crippen LogP contribution is 2.41. The minimum atomic E-state index is -0.265. The van der Waals surface area contributed by atoms with Gasteiger partial charge in [-0.3, -0.25) is 4.79 Å². The van der Waals surface area contributed by atoms with Gasteiger partial charge in [-0.15, -0.1) is 0 Å². The van der Waals surface area contributed by atoms with E-state index < -0.39 is 0 Å². The molecule has 3 nitrogen and oxygen atoms in total. The van der Waals surface area contributed by atoms with Gasteiger partial charge in [-0.05, 0) is 25.3 Å². The number of nitrogens with two attached hydrogens (primary N) is 1. The zero-order valence-corrected chi connectivity index (χ0v) is 11.3. The third kappa shape index (κ3) is 2.41. The van der Waals surface area contributed by atoms with Crippen LogP contribution < -0.4 is 5.73 Å². The number of carbonyl (C=O) groups is 1. The molecular formula is C15H22N2O. The Balaban J connectivity index is 2.03. The summed E-state index contributed by atoms with van der Waals surface area (Å²) in [6.45, 7) is 3.21. The van der Waals surface area contributed by atoms with Crippen LogP contribution in [0.15, 0.2) is 24.3 Å². The molecule has 0 spiro atoms. The second kappa shape index (κ2) is 5.11. The van der Waals surface area contributed by atoms with Gasteiger partial charge in [0.2, 0.25) is 5.91 Å². The predicted octanol–water partition coefficient (Wildman–Crippen LogP) is 2.08. The summed E-state index contributed by atoms with van der Waals surface area (Å²) in [4.78, 5) is 14.2. The quantitative estimate of drug-likeness (QED) is 0.884. The summed E-state index contributed by atoms with van der Waals surface area (Å²) in [6.07, 6.45) is 3.02. The molecule has 2 rings (SSSR count). The molecule has 1 amide bonds. The van der Waals surface area contributed by atoms with Crippen LogP contribution in [0.4, 0.5) is 0 Å². The number of hydrogen-bond donors (Lipinski definition) is 1. The van der Waals surface area contributed by atoms with Crippen LogP contribution in [0, 0.1) is 12.3 Å². The largest absolute Gasteiger partial charge is 0.341 e. The lowest BCUT2D eigenvalue weighted by molar-refractivity contribution is -0.145. The molecule has 2 N–H and O–H groups in total. The lowest BCUT2D eigenvalue weighted by atomic mass is 9.68.